The van der Waals surface area contributed by atoms with E-state index in [0.717, 1.165) is 6.92 Å². The van der Waals surface area contributed by atoms with E-state index in [0.29, 0.717) is 4.57 Å². The van der Waals surface area contributed by atoms with Gasteiger partial charge in [0.25, 0.3) is 5.56 Å². The van der Waals surface area contributed by atoms with E-state index in [-0.39, 0.29) is 6.07 Å². The number of carbonyl (C=O) groups excluding carboxylic acids is 1. The maximum Gasteiger partial charge on any atom is 0.431 e. The molecule has 0 aliphatic carbocycles. The first kappa shape index (κ1) is 12.2. The highest BCUT2D eigenvalue weighted by Crippen LogP contribution is 2.25. The maximum absolute atomic E-state index is 12.2. The summed E-state index contributed by atoms with van der Waals surface area (Å²) in [5, 5.41) is 0. The minimum Gasteiger partial charge on any atom is -0.303 e. The Bertz CT molecular complexity index is 495. The fraction of sp³-hybridized carbons (Fsp3) is 0.375. The summed E-state index contributed by atoms with van der Waals surface area (Å²) in [4.78, 5) is 34.4. The lowest BCUT2D eigenvalue weighted by molar-refractivity contribution is -0.141. The number of aromatic nitrogens is 2. The smallest absolute Gasteiger partial charge is 0.303 e. The van der Waals surface area contributed by atoms with Gasteiger partial charge >= 0.3 is 11.9 Å². The molecule has 1 heterocycles. The molecule has 0 fully saturated rings. The number of rotatable bonds is 2. The maximum atomic E-state index is 12.2. The fourth-order valence-corrected chi connectivity index (χ4v) is 1.05. The first-order valence-corrected chi connectivity index (χ1v) is 4.12. The second kappa shape index (κ2) is 3.95. The van der Waals surface area contributed by atoms with E-state index in [9.17, 15) is 27.6 Å². The summed E-state index contributed by atoms with van der Waals surface area (Å²) in [7, 11) is 0. The second-order valence-electron chi connectivity index (χ2n) is 3.11. The molecule has 0 radical (unpaired) electrons. The average molecular weight is 236 g/mol. The standard InChI is InChI=1S/C8H7F3N2O3/c1-4(14)3-13-6(15)2-5(8(9,10)11)12-7(13)16/h2H,3H2,1H3,(H,12,16). The molecule has 0 atom stereocenters. The molecule has 0 spiro atoms. The van der Waals surface area contributed by atoms with Gasteiger partial charge in [-0.1, -0.05) is 0 Å². The summed E-state index contributed by atoms with van der Waals surface area (Å²) in [6, 6.07) is 0.240. The fourth-order valence-electron chi connectivity index (χ4n) is 1.05. The lowest BCUT2D eigenvalue weighted by atomic mass is 10.4. The molecule has 16 heavy (non-hydrogen) atoms. The van der Waals surface area contributed by atoms with Crippen LogP contribution in [0.1, 0.15) is 12.6 Å². The number of Topliss-reactive ketones (excluding diaryl/α,β-unsaturated/α-hetero) is 1. The van der Waals surface area contributed by atoms with Crippen LogP contribution in [0.3, 0.4) is 0 Å². The first-order valence-electron chi connectivity index (χ1n) is 4.12. The number of nitrogens with zero attached hydrogens (tertiary/aromatic N) is 1. The molecule has 1 rings (SSSR count). The molecule has 5 nitrogen and oxygen atoms in total. The van der Waals surface area contributed by atoms with Gasteiger partial charge in [-0.2, -0.15) is 13.2 Å². The van der Waals surface area contributed by atoms with Crippen LogP contribution in [0.5, 0.6) is 0 Å². The summed E-state index contributed by atoms with van der Waals surface area (Å²) >= 11 is 0. The van der Waals surface area contributed by atoms with Gasteiger partial charge in [0.05, 0.1) is 6.54 Å². The summed E-state index contributed by atoms with van der Waals surface area (Å²) < 4.78 is 36.9. The average Bonchev–Trinajstić information content (AvgIpc) is 2.09. The van der Waals surface area contributed by atoms with Crippen LogP contribution >= 0.6 is 0 Å². The van der Waals surface area contributed by atoms with Crippen molar-refractivity contribution in [2.75, 3.05) is 0 Å². The Kier molecular flexibility index (Phi) is 3.02. The summed E-state index contributed by atoms with van der Waals surface area (Å²) in [5.41, 5.74) is -3.84. The highest BCUT2D eigenvalue weighted by atomic mass is 19.4. The SMILES string of the molecule is CC(=O)Cn1c(=O)cc(C(F)(F)F)[nH]c1=O. The number of hydrogen-bond donors (Lipinski definition) is 1. The van der Waals surface area contributed by atoms with Crippen LogP contribution in [0, 0.1) is 0 Å². The lowest BCUT2D eigenvalue weighted by Crippen LogP contribution is -2.38. The van der Waals surface area contributed by atoms with Crippen molar-refractivity contribution in [2.24, 2.45) is 0 Å². The highest BCUT2D eigenvalue weighted by Gasteiger charge is 2.32. The highest BCUT2D eigenvalue weighted by molar-refractivity contribution is 5.75. The number of aromatic amines is 1. The molecule has 8 heteroatoms. The van der Waals surface area contributed by atoms with Crippen LogP contribution in [0.15, 0.2) is 15.7 Å². The number of alkyl halides is 3. The lowest BCUT2D eigenvalue weighted by Gasteiger charge is -2.07. The Morgan fingerprint density at radius 2 is 2.00 bits per heavy atom. The van der Waals surface area contributed by atoms with Crippen LogP contribution in [0.2, 0.25) is 0 Å². The van der Waals surface area contributed by atoms with Crippen molar-refractivity contribution in [3.05, 3.63) is 32.6 Å². The summed E-state index contributed by atoms with van der Waals surface area (Å²) in [6.45, 7) is 0.565. The van der Waals surface area contributed by atoms with Gasteiger partial charge in [0, 0.05) is 6.07 Å². The summed E-state index contributed by atoms with van der Waals surface area (Å²) in [5.74, 6) is -0.507. The number of nitrogens with one attached hydrogen (secondary N) is 1. The third-order valence-electron chi connectivity index (χ3n) is 1.71. The topological polar surface area (TPSA) is 71.9 Å². The van der Waals surface area contributed by atoms with Gasteiger partial charge in [0.1, 0.15) is 11.5 Å². The molecule has 0 aliphatic heterocycles. The molecule has 0 amide bonds. The Hall–Kier alpha value is -1.86. The van der Waals surface area contributed by atoms with Gasteiger partial charge < -0.3 is 4.98 Å². The van der Waals surface area contributed by atoms with E-state index in [1.54, 1.807) is 0 Å². The zero-order valence-corrected chi connectivity index (χ0v) is 8.09. The van der Waals surface area contributed by atoms with Crippen molar-refractivity contribution >= 4 is 5.78 Å². The zero-order chi connectivity index (χ0) is 12.5. The van der Waals surface area contributed by atoms with E-state index in [1.807, 2.05) is 0 Å². The van der Waals surface area contributed by atoms with E-state index < -0.39 is 35.4 Å². The number of H-pyrrole nitrogens is 1. The minimum atomic E-state index is -4.80. The molecule has 0 saturated carbocycles. The van der Waals surface area contributed by atoms with E-state index in [1.165, 1.54) is 4.98 Å². The van der Waals surface area contributed by atoms with Gasteiger partial charge in [-0.3, -0.25) is 14.2 Å². The molecule has 1 aromatic rings. The Balaban J connectivity index is 3.35. The van der Waals surface area contributed by atoms with Crippen molar-refractivity contribution in [1.29, 1.82) is 0 Å². The van der Waals surface area contributed by atoms with Gasteiger partial charge in [0.2, 0.25) is 0 Å². The predicted molar refractivity (Wildman–Crippen MR) is 47.0 cm³/mol. The van der Waals surface area contributed by atoms with E-state index in [4.69, 9.17) is 0 Å². The van der Waals surface area contributed by atoms with Crippen LogP contribution in [0.25, 0.3) is 0 Å². The second-order valence-corrected chi connectivity index (χ2v) is 3.11. The number of carbonyl (C=O) groups is 1. The Labute approximate surface area is 86.5 Å². The van der Waals surface area contributed by atoms with Crippen molar-refractivity contribution in [3.63, 3.8) is 0 Å². The third kappa shape index (κ3) is 2.59. The molecular formula is C8H7F3N2O3. The van der Waals surface area contributed by atoms with Gasteiger partial charge in [-0.05, 0) is 6.92 Å². The van der Waals surface area contributed by atoms with E-state index >= 15 is 0 Å². The van der Waals surface area contributed by atoms with Crippen molar-refractivity contribution < 1.29 is 18.0 Å². The molecule has 1 aromatic heterocycles. The molecule has 88 valence electrons. The normalized spacial score (nSPS) is 11.5. The van der Waals surface area contributed by atoms with Gasteiger partial charge in [-0.25, -0.2) is 4.79 Å². The first-order chi connectivity index (χ1) is 7.21. The molecule has 1 N–H and O–H groups in total. The molecular weight excluding hydrogens is 229 g/mol. The number of halogens is 3. The molecule has 0 saturated heterocycles. The molecule has 0 unspecified atom stereocenters. The Morgan fingerprint density at radius 3 is 2.38 bits per heavy atom. The zero-order valence-electron chi connectivity index (χ0n) is 8.09. The molecule has 0 aliphatic rings. The van der Waals surface area contributed by atoms with Crippen LogP contribution in [-0.2, 0) is 17.5 Å². The third-order valence-corrected chi connectivity index (χ3v) is 1.71. The minimum absolute atomic E-state index is 0.240. The van der Waals surface area contributed by atoms with Crippen LogP contribution in [0.4, 0.5) is 13.2 Å². The largest absolute Gasteiger partial charge is 0.431 e. The number of ketones is 1. The molecule has 0 bridgehead atoms. The predicted octanol–water partition coefficient (Wildman–Crippen LogP) is 0.144. The van der Waals surface area contributed by atoms with Gasteiger partial charge in [0.15, 0.2) is 0 Å². The summed E-state index contributed by atoms with van der Waals surface area (Å²) in [6.07, 6.45) is -4.80. The number of hydrogen-bond acceptors (Lipinski definition) is 3. The Morgan fingerprint density at radius 1 is 1.44 bits per heavy atom. The van der Waals surface area contributed by atoms with E-state index in [2.05, 4.69) is 0 Å². The van der Waals surface area contributed by atoms with Crippen molar-refractivity contribution in [3.8, 4) is 0 Å². The quantitative estimate of drug-likeness (QED) is 0.794. The monoisotopic (exact) mass is 236 g/mol. The van der Waals surface area contributed by atoms with Gasteiger partial charge in [-0.15, -0.1) is 0 Å². The van der Waals surface area contributed by atoms with Crippen LogP contribution in [-0.4, -0.2) is 15.3 Å². The molecule has 0 aromatic carbocycles. The van der Waals surface area contributed by atoms with Crippen molar-refractivity contribution in [1.82, 2.24) is 9.55 Å². The van der Waals surface area contributed by atoms with Crippen molar-refractivity contribution in [2.45, 2.75) is 19.6 Å². The van der Waals surface area contributed by atoms with Crippen LogP contribution < -0.4 is 11.2 Å².